The van der Waals surface area contributed by atoms with Gasteiger partial charge in [0.05, 0.1) is 14.2 Å². The summed E-state index contributed by atoms with van der Waals surface area (Å²) in [5.41, 5.74) is 5.34. The van der Waals surface area contributed by atoms with Crippen LogP contribution in [0.3, 0.4) is 0 Å². The van der Waals surface area contributed by atoms with Crippen molar-refractivity contribution in [1.29, 1.82) is 0 Å². The van der Waals surface area contributed by atoms with Crippen molar-refractivity contribution < 1.29 is 19.4 Å². The molecule has 0 aliphatic rings. The van der Waals surface area contributed by atoms with Crippen LogP contribution in [-0.2, 0) is 4.79 Å². The van der Waals surface area contributed by atoms with Crippen LogP contribution >= 0.6 is 0 Å². The molecule has 5 heteroatoms. The van der Waals surface area contributed by atoms with Crippen molar-refractivity contribution in [1.82, 2.24) is 0 Å². The van der Waals surface area contributed by atoms with Crippen LogP contribution in [0, 0.1) is 0 Å². The quantitative estimate of drug-likeness (QED) is 0.746. The first-order valence-corrected chi connectivity index (χ1v) is 4.29. The topological polar surface area (TPSA) is 81.8 Å². The fraction of sp³-hybridized carbons (Fsp3) is 0.300. The highest BCUT2D eigenvalue weighted by Crippen LogP contribution is 2.29. The second-order valence-corrected chi connectivity index (χ2v) is 2.92. The van der Waals surface area contributed by atoms with Crippen molar-refractivity contribution in [2.24, 2.45) is 5.73 Å². The number of carbonyl (C=O) groups excluding carboxylic acids is 1. The molecule has 1 atom stereocenters. The van der Waals surface area contributed by atoms with Crippen molar-refractivity contribution in [3.8, 4) is 11.5 Å². The van der Waals surface area contributed by atoms with Gasteiger partial charge in [0.1, 0.15) is 0 Å². The third kappa shape index (κ3) is 2.38. The van der Waals surface area contributed by atoms with Crippen molar-refractivity contribution in [3.63, 3.8) is 0 Å². The van der Waals surface area contributed by atoms with Crippen molar-refractivity contribution in [2.45, 2.75) is 6.10 Å². The van der Waals surface area contributed by atoms with Crippen LogP contribution in [-0.4, -0.2) is 25.2 Å². The maximum Gasteiger partial charge on any atom is 0.250 e. The van der Waals surface area contributed by atoms with Crippen LogP contribution in [0.2, 0.25) is 0 Å². The number of amides is 1. The van der Waals surface area contributed by atoms with Crippen LogP contribution in [0.4, 0.5) is 0 Å². The Balaban J connectivity index is 3.07. The van der Waals surface area contributed by atoms with Gasteiger partial charge in [-0.05, 0) is 17.7 Å². The highest BCUT2D eigenvalue weighted by atomic mass is 16.5. The van der Waals surface area contributed by atoms with E-state index in [9.17, 15) is 9.90 Å². The van der Waals surface area contributed by atoms with Crippen LogP contribution in [0.25, 0.3) is 0 Å². The maximum absolute atomic E-state index is 10.8. The lowest BCUT2D eigenvalue weighted by Gasteiger charge is -2.11. The predicted octanol–water partition coefficient (Wildman–Crippen LogP) is 0.223. The Kier molecular flexibility index (Phi) is 3.51. The molecular weight excluding hydrogens is 198 g/mol. The van der Waals surface area contributed by atoms with Crippen LogP contribution in [0.5, 0.6) is 11.5 Å². The molecule has 3 N–H and O–H groups in total. The lowest BCUT2D eigenvalue weighted by atomic mass is 10.1. The van der Waals surface area contributed by atoms with Gasteiger partial charge in [-0.3, -0.25) is 4.79 Å². The molecule has 5 nitrogen and oxygen atoms in total. The molecule has 82 valence electrons. The molecule has 0 radical (unpaired) electrons. The standard InChI is InChI=1S/C10H13NO4/c1-14-7-4-3-6(5-8(7)15-2)9(12)10(11)13/h3-5,9,12H,1-2H3,(H2,11,13)/t9-/m0/s1. The second-order valence-electron chi connectivity index (χ2n) is 2.92. The predicted molar refractivity (Wildman–Crippen MR) is 53.7 cm³/mol. The smallest absolute Gasteiger partial charge is 0.250 e. The highest BCUT2D eigenvalue weighted by molar-refractivity contribution is 5.80. The fourth-order valence-electron chi connectivity index (χ4n) is 1.19. The average Bonchev–Trinajstić information content (AvgIpc) is 2.26. The molecule has 1 aromatic rings. The largest absolute Gasteiger partial charge is 0.493 e. The monoisotopic (exact) mass is 211 g/mol. The first kappa shape index (κ1) is 11.3. The number of benzene rings is 1. The summed E-state index contributed by atoms with van der Waals surface area (Å²) in [6.45, 7) is 0. The third-order valence-corrected chi connectivity index (χ3v) is 1.99. The number of primary amides is 1. The summed E-state index contributed by atoms with van der Waals surface area (Å²) in [6, 6.07) is 4.66. The molecule has 1 amide bonds. The number of aliphatic hydroxyl groups is 1. The Morgan fingerprint density at radius 1 is 1.33 bits per heavy atom. The molecule has 0 bridgehead atoms. The number of nitrogens with two attached hydrogens (primary N) is 1. The number of rotatable bonds is 4. The Morgan fingerprint density at radius 2 is 1.93 bits per heavy atom. The first-order chi connectivity index (χ1) is 7.10. The van der Waals surface area contributed by atoms with E-state index in [4.69, 9.17) is 15.2 Å². The molecule has 0 spiro atoms. The molecule has 0 aliphatic carbocycles. The Labute approximate surface area is 87.4 Å². The highest BCUT2D eigenvalue weighted by Gasteiger charge is 2.15. The van der Waals surface area contributed by atoms with Gasteiger partial charge >= 0.3 is 0 Å². The normalized spacial score (nSPS) is 11.9. The van der Waals surface area contributed by atoms with Gasteiger partial charge in [0.15, 0.2) is 17.6 Å². The summed E-state index contributed by atoms with van der Waals surface area (Å²) in [5, 5.41) is 9.41. The van der Waals surface area contributed by atoms with Crippen molar-refractivity contribution in [2.75, 3.05) is 14.2 Å². The zero-order valence-corrected chi connectivity index (χ0v) is 8.56. The van der Waals surface area contributed by atoms with E-state index in [2.05, 4.69) is 0 Å². The summed E-state index contributed by atoms with van der Waals surface area (Å²) >= 11 is 0. The Morgan fingerprint density at radius 3 is 2.40 bits per heavy atom. The van der Waals surface area contributed by atoms with Gasteiger partial charge in [0.25, 0.3) is 5.91 Å². The van der Waals surface area contributed by atoms with Gasteiger partial charge in [-0.25, -0.2) is 0 Å². The van der Waals surface area contributed by atoms with Gasteiger partial charge in [-0.2, -0.15) is 0 Å². The van der Waals surface area contributed by atoms with E-state index >= 15 is 0 Å². The molecule has 15 heavy (non-hydrogen) atoms. The molecule has 1 aromatic carbocycles. The molecule has 1 rings (SSSR count). The number of carbonyl (C=O) groups is 1. The zero-order chi connectivity index (χ0) is 11.4. The van der Waals surface area contributed by atoms with Gasteiger partial charge in [0.2, 0.25) is 0 Å². The Bertz CT molecular complexity index is 364. The van der Waals surface area contributed by atoms with Crippen molar-refractivity contribution in [3.05, 3.63) is 23.8 Å². The van der Waals surface area contributed by atoms with E-state index in [-0.39, 0.29) is 0 Å². The number of hydrogen-bond donors (Lipinski definition) is 2. The van der Waals surface area contributed by atoms with Gasteiger partial charge < -0.3 is 20.3 Å². The molecule has 0 saturated carbocycles. The van der Waals surface area contributed by atoms with Crippen LogP contribution in [0.1, 0.15) is 11.7 Å². The fourth-order valence-corrected chi connectivity index (χ4v) is 1.19. The number of ether oxygens (including phenoxy) is 2. The summed E-state index contributed by atoms with van der Waals surface area (Å²) < 4.78 is 10.0. The molecule has 0 aromatic heterocycles. The molecule has 0 unspecified atom stereocenters. The van der Waals surface area contributed by atoms with E-state index in [0.717, 1.165) is 0 Å². The number of hydrogen-bond acceptors (Lipinski definition) is 4. The molecule has 0 aliphatic heterocycles. The minimum absolute atomic E-state index is 0.375. The molecular formula is C10H13NO4. The summed E-state index contributed by atoms with van der Waals surface area (Å²) in [5.74, 6) is 0.162. The molecule has 0 saturated heterocycles. The minimum atomic E-state index is -1.33. The Hall–Kier alpha value is -1.75. The van der Waals surface area contributed by atoms with Crippen LogP contribution < -0.4 is 15.2 Å². The van der Waals surface area contributed by atoms with E-state index in [1.807, 2.05) is 0 Å². The third-order valence-electron chi connectivity index (χ3n) is 1.99. The van der Waals surface area contributed by atoms with Gasteiger partial charge in [-0.15, -0.1) is 0 Å². The van der Waals surface area contributed by atoms with E-state index in [0.29, 0.717) is 17.1 Å². The van der Waals surface area contributed by atoms with E-state index in [1.54, 1.807) is 12.1 Å². The van der Waals surface area contributed by atoms with Crippen molar-refractivity contribution >= 4 is 5.91 Å². The maximum atomic E-state index is 10.8. The summed E-state index contributed by atoms with van der Waals surface area (Å²) in [4.78, 5) is 10.8. The average molecular weight is 211 g/mol. The molecule has 0 heterocycles. The second kappa shape index (κ2) is 4.65. The van der Waals surface area contributed by atoms with Crippen LogP contribution in [0.15, 0.2) is 18.2 Å². The lowest BCUT2D eigenvalue weighted by Crippen LogP contribution is -2.20. The van der Waals surface area contributed by atoms with E-state index < -0.39 is 12.0 Å². The number of aliphatic hydroxyl groups excluding tert-OH is 1. The SMILES string of the molecule is COc1ccc([C@H](O)C(N)=O)cc1OC. The van der Waals surface area contributed by atoms with Gasteiger partial charge in [0, 0.05) is 0 Å². The van der Waals surface area contributed by atoms with Gasteiger partial charge in [-0.1, -0.05) is 6.07 Å². The lowest BCUT2D eigenvalue weighted by molar-refractivity contribution is -0.126. The zero-order valence-electron chi connectivity index (χ0n) is 8.56. The first-order valence-electron chi connectivity index (χ1n) is 4.29. The minimum Gasteiger partial charge on any atom is -0.493 e. The summed E-state index contributed by atoms with van der Waals surface area (Å²) in [7, 11) is 2.97. The molecule has 0 fully saturated rings. The van der Waals surface area contributed by atoms with E-state index in [1.165, 1.54) is 20.3 Å². The summed E-state index contributed by atoms with van der Waals surface area (Å²) in [6.07, 6.45) is -1.33. The number of methoxy groups -OCH3 is 2.